The van der Waals surface area contributed by atoms with Gasteiger partial charge < -0.3 is 14.8 Å². The van der Waals surface area contributed by atoms with Crippen molar-refractivity contribution in [2.45, 2.75) is 12.5 Å². The molecule has 1 aromatic carbocycles. The Morgan fingerprint density at radius 3 is 2.74 bits per heavy atom. The number of hydrogen-bond acceptors (Lipinski definition) is 7. The first-order valence-electron chi connectivity index (χ1n) is 10.9. The molecule has 0 fully saturated rings. The number of benzene rings is 1. The fourth-order valence-corrected chi connectivity index (χ4v) is 4.02. The molecule has 0 unspecified atom stereocenters. The summed E-state index contributed by atoms with van der Waals surface area (Å²) < 4.78 is 42.4. The number of ether oxygens (including phenoxy) is 2. The Morgan fingerprint density at radius 1 is 1.00 bits per heavy atom. The Hall–Kier alpha value is -4.54. The summed E-state index contributed by atoms with van der Waals surface area (Å²) in [5.74, 6) is 0.867. The molecule has 1 N–H and O–H groups in total. The van der Waals surface area contributed by atoms with Gasteiger partial charge in [0.15, 0.2) is 29.2 Å². The Bertz CT molecular complexity index is 1550. The molecular formula is C24H19F2N7O2. The summed E-state index contributed by atoms with van der Waals surface area (Å²) in [7, 11) is 1.84. The summed E-state index contributed by atoms with van der Waals surface area (Å²) in [5.41, 5.74) is 2.36. The minimum Gasteiger partial charge on any atom is -0.482 e. The maximum atomic E-state index is 13.7. The van der Waals surface area contributed by atoms with Crippen molar-refractivity contribution in [2.24, 2.45) is 7.05 Å². The summed E-state index contributed by atoms with van der Waals surface area (Å²) in [6.07, 6.45) is 3.34. The van der Waals surface area contributed by atoms with Crippen molar-refractivity contribution in [1.29, 1.82) is 0 Å². The van der Waals surface area contributed by atoms with Gasteiger partial charge in [0.05, 0.1) is 12.8 Å². The molecule has 5 aromatic rings. The highest BCUT2D eigenvalue weighted by Crippen LogP contribution is 2.34. The number of anilines is 2. The van der Waals surface area contributed by atoms with Crippen LogP contribution in [0.1, 0.15) is 18.3 Å². The first kappa shape index (κ1) is 21.0. The van der Waals surface area contributed by atoms with E-state index in [9.17, 15) is 8.78 Å². The second-order valence-corrected chi connectivity index (χ2v) is 8.05. The van der Waals surface area contributed by atoms with E-state index >= 15 is 0 Å². The SMILES string of the molecule is Cn1nccc1Nc1cc(-c2cc3n4c(nnc4c2)[C@@H](Oc2ccc(F)c(F)c2)CCO3)ccn1. The number of pyridine rings is 2. The average Bonchev–Trinajstić information content (AvgIpc) is 3.42. The minimum atomic E-state index is -0.974. The van der Waals surface area contributed by atoms with Crippen molar-refractivity contribution in [3.05, 3.63) is 78.4 Å². The largest absolute Gasteiger partial charge is 0.482 e. The van der Waals surface area contributed by atoms with Crippen LogP contribution in [0, 0.1) is 11.6 Å². The molecule has 1 atom stereocenters. The van der Waals surface area contributed by atoms with Gasteiger partial charge in [-0.25, -0.2) is 18.2 Å². The minimum absolute atomic E-state index is 0.205. The lowest BCUT2D eigenvalue weighted by atomic mass is 10.1. The van der Waals surface area contributed by atoms with Crippen molar-refractivity contribution in [3.8, 4) is 22.8 Å². The lowest BCUT2D eigenvalue weighted by molar-refractivity contribution is 0.165. The molecule has 0 saturated heterocycles. The fourth-order valence-electron chi connectivity index (χ4n) is 4.02. The van der Waals surface area contributed by atoms with Gasteiger partial charge in [-0.1, -0.05) is 0 Å². The third-order valence-corrected chi connectivity index (χ3v) is 5.75. The van der Waals surface area contributed by atoms with Crippen molar-refractivity contribution in [2.75, 3.05) is 11.9 Å². The third-order valence-electron chi connectivity index (χ3n) is 5.75. The Balaban J connectivity index is 1.34. The van der Waals surface area contributed by atoms with Crippen LogP contribution in [0.5, 0.6) is 11.6 Å². The monoisotopic (exact) mass is 475 g/mol. The number of aromatic nitrogens is 6. The van der Waals surface area contributed by atoms with Crippen LogP contribution in [-0.2, 0) is 7.05 Å². The second kappa shape index (κ2) is 8.35. The summed E-state index contributed by atoms with van der Waals surface area (Å²) in [5, 5.41) is 16.0. The summed E-state index contributed by atoms with van der Waals surface area (Å²) in [6.45, 7) is 0.347. The molecule has 4 aromatic heterocycles. The van der Waals surface area contributed by atoms with Crippen LogP contribution in [0.25, 0.3) is 16.8 Å². The number of rotatable bonds is 5. The van der Waals surface area contributed by atoms with Gasteiger partial charge in [-0.3, -0.25) is 4.68 Å². The Labute approximate surface area is 198 Å². The highest BCUT2D eigenvalue weighted by molar-refractivity contribution is 5.72. The van der Waals surface area contributed by atoms with E-state index < -0.39 is 17.7 Å². The zero-order valence-corrected chi connectivity index (χ0v) is 18.5. The van der Waals surface area contributed by atoms with E-state index in [1.165, 1.54) is 6.07 Å². The van der Waals surface area contributed by atoms with Gasteiger partial charge in [-0.05, 0) is 41.5 Å². The molecule has 0 bridgehead atoms. The van der Waals surface area contributed by atoms with Gasteiger partial charge in [0, 0.05) is 37.9 Å². The van der Waals surface area contributed by atoms with Crippen molar-refractivity contribution < 1.29 is 18.3 Å². The molecule has 9 nitrogen and oxygen atoms in total. The van der Waals surface area contributed by atoms with Crippen molar-refractivity contribution in [1.82, 2.24) is 29.4 Å². The van der Waals surface area contributed by atoms with Crippen LogP contribution in [0.2, 0.25) is 0 Å². The van der Waals surface area contributed by atoms with Crippen LogP contribution in [0.3, 0.4) is 0 Å². The maximum Gasteiger partial charge on any atom is 0.201 e. The number of hydrogen-bond donors (Lipinski definition) is 1. The van der Waals surface area contributed by atoms with E-state index in [1.54, 1.807) is 21.5 Å². The predicted octanol–water partition coefficient (Wildman–Crippen LogP) is 4.45. The fraction of sp³-hybridized carbons (Fsp3) is 0.167. The zero-order chi connectivity index (χ0) is 23.9. The van der Waals surface area contributed by atoms with Crippen molar-refractivity contribution >= 4 is 17.3 Å². The van der Waals surface area contributed by atoms with E-state index in [2.05, 4.69) is 25.6 Å². The molecule has 0 radical (unpaired) electrons. The van der Waals surface area contributed by atoms with E-state index in [0.29, 0.717) is 36.2 Å². The molecule has 0 spiro atoms. The molecule has 6 rings (SSSR count). The average molecular weight is 475 g/mol. The second-order valence-electron chi connectivity index (χ2n) is 8.05. The van der Waals surface area contributed by atoms with Crippen molar-refractivity contribution in [3.63, 3.8) is 0 Å². The molecule has 35 heavy (non-hydrogen) atoms. The normalized spacial score (nSPS) is 15.0. The molecule has 0 amide bonds. The summed E-state index contributed by atoms with van der Waals surface area (Å²) in [4.78, 5) is 4.39. The molecule has 176 valence electrons. The van der Waals surface area contributed by atoms with Gasteiger partial charge in [-0.15, -0.1) is 10.2 Å². The van der Waals surface area contributed by atoms with E-state index in [1.807, 2.05) is 37.4 Å². The van der Waals surface area contributed by atoms with Crippen LogP contribution in [0.15, 0.2) is 60.9 Å². The summed E-state index contributed by atoms with van der Waals surface area (Å²) in [6, 6.07) is 12.9. The predicted molar refractivity (Wildman–Crippen MR) is 123 cm³/mol. The maximum absolute atomic E-state index is 13.7. The van der Waals surface area contributed by atoms with Gasteiger partial charge >= 0.3 is 0 Å². The van der Waals surface area contributed by atoms with Gasteiger partial charge in [0.1, 0.15) is 17.4 Å². The van der Waals surface area contributed by atoms with Crippen LogP contribution in [0.4, 0.5) is 20.4 Å². The van der Waals surface area contributed by atoms with Gasteiger partial charge in [0.25, 0.3) is 0 Å². The van der Waals surface area contributed by atoms with E-state index in [-0.39, 0.29) is 5.75 Å². The highest BCUT2D eigenvalue weighted by Gasteiger charge is 2.26. The van der Waals surface area contributed by atoms with Crippen LogP contribution < -0.4 is 14.8 Å². The molecule has 1 aliphatic rings. The third kappa shape index (κ3) is 3.90. The molecule has 0 aliphatic carbocycles. The topological polar surface area (TPSA) is 91.4 Å². The van der Waals surface area contributed by atoms with E-state index in [4.69, 9.17) is 9.47 Å². The Kier molecular flexibility index (Phi) is 5.02. The number of aryl methyl sites for hydroxylation is 1. The first-order valence-corrected chi connectivity index (χ1v) is 10.9. The lowest BCUT2D eigenvalue weighted by Gasteiger charge is -2.15. The molecule has 1 aliphatic heterocycles. The lowest BCUT2D eigenvalue weighted by Crippen LogP contribution is -2.12. The quantitative estimate of drug-likeness (QED) is 0.402. The van der Waals surface area contributed by atoms with Gasteiger partial charge in [-0.2, -0.15) is 5.10 Å². The van der Waals surface area contributed by atoms with Gasteiger partial charge in [0.2, 0.25) is 5.88 Å². The number of nitrogens with one attached hydrogen (secondary N) is 1. The van der Waals surface area contributed by atoms with Crippen LogP contribution in [-0.4, -0.2) is 36.0 Å². The summed E-state index contributed by atoms with van der Waals surface area (Å²) >= 11 is 0. The van der Waals surface area contributed by atoms with E-state index in [0.717, 1.165) is 29.1 Å². The first-order chi connectivity index (χ1) is 17.0. The Morgan fingerprint density at radius 2 is 1.91 bits per heavy atom. The number of halogens is 2. The molecule has 11 heteroatoms. The zero-order valence-electron chi connectivity index (χ0n) is 18.5. The molecule has 0 saturated carbocycles. The smallest absolute Gasteiger partial charge is 0.201 e. The van der Waals surface area contributed by atoms with Crippen LogP contribution >= 0.6 is 0 Å². The number of nitrogens with zero attached hydrogens (tertiary/aromatic N) is 6. The molecule has 5 heterocycles. The molecular weight excluding hydrogens is 456 g/mol. The standard InChI is InChI=1S/C24H19F2N7O2/c1-32-21(5-8-28-32)29-20-10-14(4-7-27-20)15-11-22-30-31-24-19(6-9-34-23(12-15)33(22)24)35-16-2-3-17(25)18(26)13-16/h2-5,7-8,10-13,19H,6,9H2,1H3,(H,27,29)/t19-/m0/s1. The highest BCUT2D eigenvalue weighted by atomic mass is 19.2.